The first kappa shape index (κ1) is 15.2. The number of hydrogen-bond donors (Lipinski definition) is 1. The molecule has 0 aromatic carbocycles. The molecule has 0 aliphatic heterocycles. The van der Waals surface area contributed by atoms with Crippen molar-refractivity contribution in [2.75, 3.05) is 19.0 Å². The van der Waals surface area contributed by atoms with Crippen LogP contribution in [0, 0.1) is 0 Å². The van der Waals surface area contributed by atoms with Crippen molar-refractivity contribution in [2.24, 2.45) is 0 Å². The maximum absolute atomic E-state index is 12.0. The third kappa shape index (κ3) is 3.55. The summed E-state index contributed by atoms with van der Waals surface area (Å²) in [5, 5.41) is 7.30. The maximum Gasteiger partial charge on any atom is 0.283 e. The number of ether oxygens (including phenoxy) is 1. The van der Waals surface area contributed by atoms with Crippen molar-refractivity contribution in [3.63, 3.8) is 0 Å². The number of hydrogen-bond acceptors (Lipinski definition) is 4. The Morgan fingerprint density at radius 1 is 1.56 bits per heavy atom. The molecule has 0 fully saturated rings. The molecule has 0 aliphatic rings. The van der Waals surface area contributed by atoms with Gasteiger partial charge in [0.1, 0.15) is 4.47 Å². The lowest BCUT2D eigenvalue weighted by atomic mass is 10.1. The molecule has 0 spiro atoms. The predicted octanol–water partition coefficient (Wildman–Crippen LogP) is 2.42. The summed E-state index contributed by atoms with van der Waals surface area (Å²) in [5.41, 5.74) is 0.249. The average molecular weight is 318 g/mol. The molecule has 1 N–H and O–H groups in total. The Morgan fingerprint density at radius 2 is 2.17 bits per heavy atom. The number of rotatable bonds is 5. The largest absolute Gasteiger partial charge is 0.380 e. The SMILES string of the molecule is COC(C)(C)CNc1cnn(C(C)C)c(=O)c1Br. The molecule has 0 aliphatic carbocycles. The molecular formula is C12H20BrN3O2. The summed E-state index contributed by atoms with van der Waals surface area (Å²) in [6.45, 7) is 8.37. The van der Waals surface area contributed by atoms with Crippen LogP contribution in [0.5, 0.6) is 0 Å². The molecule has 6 heteroatoms. The molecule has 1 rings (SSSR count). The van der Waals surface area contributed by atoms with Crippen molar-refractivity contribution in [3.8, 4) is 0 Å². The highest BCUT2D eigenvalue weighted by atomic mass is 79.9. The summed E-state index contributed by atoms with van der Waals surface area (Å²) in [7, 11) is 1.66. The third-order valence-electron chi connectivity index (χ3n) is 2.69. The van der Waals surface area contributed by atoms with E-state index in [1.54, 1.807) is 13.3 Å². The van der Waals surface area contributed by atoms with Crippen LogP contribution >= 0.6 is 15.9 Å². The van der Waals surface area contributed by atoms with Gasteiger partial charge in [-0.1, -0.05) is 0 Å². The van der Waals surface area contributed by atoms with Gasteiger partial charge in [0.05, 0.1) is 23.5 Å². The monoisotopic (exact) mass is 317 g/mol. The fourth-order valence-electron chi connectivity index (χ4n) is 1.32. The first-order valence-corrected chi connectivity index (χ1v) is 6.64. The Bertz CT molecular complexity index is 469. The minimum Gasteiger partial charge on any atom is -0.380 e. The van der Waals surface area contributed by atoms with Gasteiger partial charge >= 0.3 is 0 Å². The van der Waals surface area contributed by atoms with E-state index in [2.05, 4.69) is 26.3 Å². The van der Waals surface area contributed by atoms with Crippen LogP contribution in [0.15, 0.2) is 15.5 Å². The lowest BCUT2D eigenvalue weighted by Crippen LogP contribution is -2.33. The number of halogens is 1. The summed E-state index contributed by atoms with van der Waals surface area (Å²) in [6, 6.07) is 0.0401. The summed E-state index contributed by atoms with van der Waals surface area (Å²) >= 11 is 3.31. The molecule has 1 heterocycles. The Labute approximate surface area is 116 Å². The van der Waals surface area contributed by atoms with Crippen LogP contribution in [0.3, 0.4) is 0 Å². The van der Waals surface area contributed by atoms with Crippen molar-refractivity contribution >= 4 is 21.6 Å². The normalized spacial score (nSPS) is 11.9. The summed E-state index contributed by atoms with van der Waals surface area (Å²) in [4.78, 5) is 12.0. The molecule has 0 saturated heterocycles. The van der Waals surface area contributed by atoms with Crippen molar-refractivity contribution in [2.45, 2.75) is 39.3 Å². The van der Waals surface area contributed by atoms with Gasteiger partial charge < -0.3 is 10.1 Å². The van der Waals surface area contributed by atoms with Gasteiger partial charge in [-0.25, -0.2) is 4.68 Å². The fraction of sp³-hybridized carbons (Fsp3) is 0.667. The molecule has 0 atom stereocenters. The Morgan fingerprint density at radius 3 is 2.67 bits per heavy atom. The van der Waals surface area contributed by atoms with Gasteiger partial charge in [0, 0.05) is 13.7 Å². The van der Waals surface area contributed by atoms with Crippen LogP contribution in [0.1, 0.15) is 33.7 Å². The molecule has 0 unspecified atom stereocenters. The number of anilines is 1. The van der Waals surface area contributed by atoms with Gasteiger partial charge in [-0.2, -0.15) is 5.10 Å². The molecule has 18 heavy (non-hydrogen) atoms. The molecule has 1 aromatic heterocycles. The van der Waals surface area contributed by atoms with Crippen molar-refractivity contribution in [3.05, 3.63) is 21.0 Å². The summed E-state index contributed by atoms with van der Waals surface area (Å²) < 4.78 is 7.25. The zero-order valence-electron chi connectivity index (χ0n) is 11.5. The van der Waals surface area contributed by atoms with E-state index >= 15 is 0 Å². The molecule has 0 bridgehead atoms. The van der Waals surface area contributed by atoms with Crippen LogP contribution < -0.4 is 10.9 Å². The smallest absolute Gasteiger partial charge is 0.283 e. The molecule has 102 valence electrons. The Hall–Kier alpha value is -0.880. The standard InChI is InChI=1S/C12H20BrN3O2/c1-8(2)16-11(17)10(13)9(6-15-16)14-7-12(3,4)18-5/h6,8,14H,7H2,1-5H3. The van der Waals surface area contributed by atoms with Crippen molar-refractivity contribution < 1.29 is 4.74 Å². The minimum absolute atomic E-state index is 0.0401. The summed E-state index contributed by atoms with van der Waals surface area (Å²) in [5.74, 6) is 0. The van der Waals surface area contributed by atoms with Gasteiger partial charge in [0.25, 0.3) is 5.56 Å². The average Bonchev–Trinajstić information content (AvgIpc) is 2.30. The molecule has 0 saturated carbocycles. The van der Waals surface area contributed by atoms with E-state index in [9.17, 15) is 4.79 Å². The van der Waals surface area contributed by atoms with E-state index in [1.807, 2.05) is 27.7 Å². The molecule has 0 amide bonds. The van der Waals surface area contributed by atoms with Crippen LogP contribution in [0.25, 0.3) is 0 Å². The second-order valence-corrected chi connectivity index (χ2v) is 5.83. The highest BCUT2D eigenvalue weighted by Gasteiger charge is 2.17. The number of nitrogens with one attached hydrogen (secondary N) is 1. The second kappa shape index (κ2) is 5.84. The number of nitrogens with zero attached hydrogens (tertiary/aromatic N) is 2. The van der Waals surface area contributed by atoms with E-state index in [4.69, 9.17) is 4.74 Å². The first-order valence-electron chi connectivity index (χ1n) is 5.85. The van der Waals surface area contributed by atoms with Gasteiger partial charge in [0.2, 0.25) is 0 Å². The zero-order valence-corrected chi connectivity index (χ0v) is 13.0. The van der Waals surface area contributed by atoms with Gasteiger partial charge in [-0.05, 0) is 43.6 Å². The number of aromatic nitrogens is 2. The van der Waals surface area contributed by atoms with E-state index in [-0.39, 0.29) is 17.2 Å². The Balaban J connectivity index is 2.93. The van der Waals surface area contributed by atoms with Crippen LogP contribution in [-0.2, 0) is 4.74 Å². The lowest BCUT2D eigenvalue weighted by molar-refractivity contribution is 0.0343. The molecule has 1 aromatic rings. The second-order valence-electron chi connectivity index (χ2n) is 5.03. The van der Waals surface area contributed by atoms with E-state index in [0.29, 0.717) is 16.7 Å². The molecular weight excluding hydrogens is 298 g/mol. The highest BCUT2D eigenvalue weighted by molar-refractivity contribution is 9.10. The van der Waals surface area contributed by atoms with Gasteiger partial charge in [-0.15, -0.1) is 0 Å². The van der Waals surface area contributed by atoms with Crippen LogP contribution in [-0.4, -0.2) is 29.0 Å². The number of methoxy groups -OCH3 is 1. The quantitative estimate of drug-likeness (QED) is 0.906. The predicted molar refractivity (Wildman–Crippen MR) is 76.2 cm³/mol. The first-order chi connectivity index (χ1) is 8.28. The molecule has 0 radical (unpaired) electrons. The van der Waals surface area contributed by atoms with Gasteiger partial charge in [0.15, 0.2) is 0 Å². The van der Waals surface area contributed by atoms with E-state index in [0.717, 1.165) is 0 Å². The van der Waals surface area contributed by atoms with Crippen molar-refractivity contribution in [1.82, 2.24) is 9.78 Å². The van der Waals surface area contributed by atoms with Gasteiger partial charge in [-0.3, -0.25) is 4.79 Å². The van der Waals surface area contributed by atoms with E-state index in [1.165, 1.54) is 4.68 Å². The van der Waals surface area contributed by atoms with Crippen LogP contribution in [0.2, 0.25) is 0 Å². The maximum atomic E-state index is 12.0. The Kier molecular flexibility index (Phi) is 4.92. The topological polar surface area (TPSA) is 56.1 Å². The lowest BCUT2D eigenvalue weighted by Gasteiger charge is -2.24. The molecule has 5 nitrogen and oxygen atoms in total. The summed E-state index contributed by atoms with van der Waals surface area (Å²) in [6.07, 6.45) is 1.65. The van der Waals surface area contributed by atoms with Crippen molar-refractivity contribution in [1.29, 1.82) is 0 Å². The van der Waals surface area contributed by atoms with Crippen LogP contribution in [0.4, 0.5) is 5.69 Å². The zero-order chi connectivity index (χ0) is 13.9. The minimum atomic E-state index is -0.299. The fourth-order valence-corrected chi connectivity index (χ4v) is 1.74. The third-order valence-corrected chi connectivity index (χ3v) is 3.46. The van der Waals surface area contributed by atoms with E-state index < -0.39 is 0 Å². The highest BCUT2D eigenvalue weighted by Crippen LogP contribution is 2.18.